The Hall–Kier alpha value is -2.08. The minimum Gasteiger partial charge on any atom is -0.491 e. The smallest absolute Gasteiger partial charge is 0.127 e. The van der Waals surface area contributed by atoms with E-state index in [4.69, 9.17) is 18.9 Å². The molecule has 0 heterocycles. The van der Waals surface area contributed by atoms with E-state index in [-0.39, 0.29) is 0 Å². The molecule has 0 aliphatic carbocycles. The average Bonchev–Trinajstić information content (AvgIpc) is 2.64. The third-order valence-electron chi connectivity index (χ3n) is 3.87. The van der Waals surface area contributed by atoms with Crippen LogP contribution in [-0.4, -0.2) is 40.6 Å². The maximum Gasteiger partial charge on any atom is 0.127 e. The van der Waals surface area contributed by atoms with Crippen LogP contribution in [0.5, 0.6) is 11.5 Å². The summed E-state index contributed by atoms with van der Waals surface area (Å²) in [6.45, 7) is 5.75. The van der Waals surface area contributed by atoms with Gasteiger partial charge in [0.05, 0.1) is 13.2 Å². The lowest BCUT2D eigenvalue weighted by atomic mass is 10.1. The van der Waals surface area contributed by atoms with Gasteiger partial charge in [0.15, 0.2) is 0 Å². The molecule has 0 spiro atoms. The number of benzene rings is 2. The summed E-state index contributed by atoms with van der Waals surface area (Å²) in [5.74, 6) is 1.59. The number of methoxy groups -OCH3 is 2. The number of nitrogens with one attached hydrogen (secondary N) is 1. The Morgan fingerprint density at radius 1 is 0.808 bits per heavy atom. The Morgan fingerprint density at radius 3 is 2.31 bits per heavy atom. The summed E-state index contributed by atoms with van der Waals surface area (Å²) in [6.07, 6.45) is 0. The van der Waals surface area contributed by atoms with Gasteiger partial charge in [-0.05, 0) is 18.6 Å². The summed E-state index contributed by atoms with van der Waals surface area (Å²) in [6, 6.07) is 14.4. The minimum atomic E-state index is 0.503. The molecule has 0 atom stereocenters. The van der Waals surface area contributed by atoms with E-state index in [1.807, 2.05) is 18.2 Å². The summed E-state index contributed by atoms with van der Waals surface area (Å²) in [7, 11) is 3.32. The van der Waals surface area contributed by atoms with Crippen molar-refractivity contribution in [3.63, 3.8) is 0 Å². The molecule has 2 rings (SSSR count). The Balaban J connectivity index is 1.97. The zero-order valence-corrected chi connectivity index (χ0v) is 15.9. The maximum absolute atomic E-state index is 5.87. The molecule has 0 aliphatic rings. The van der Waals surface area contributed by atoms with Gasteiger partial charge in [-0.3, -0.25) is 0 Å². The van der Waals surface area contributed by atoms with Crippen LogP contribution in [0.3, 0.4) is 0 Å². The molecule has 0 bridgehead atoms. The van der Waals surface area contributed by atoms with Crippen molar-refractivity contribution >= 4 is 0 Å². The number of hydrogen-bond donors (Lipinski definition) is 1. The van der Waals surface area contributed by atoms with Crippen LogP contribution in [0, 0.1) is 6.92 Å². The van der Waals surface area contributed by atoms with Crippen LogP contribution in [0.4, 0.5) is 0 Å². The van der Waals surface area contributed by atoms with E-state index in [0.717, 1.165) is 23.6 Å². The van der Waals surface area contributed by atoms with Crippen LogP contribution in [-0.2, 0) is 22.6 Å². The van der Waals surface area contributed by atoms with E-state index in [1.165, 1.54) is 11.1 Å². The van der Waals surface area contributed by atoms with Crippen molar-refractivity contribution in [2.75, 3.05) is 40.6 Å². The second-order valence-corrected chi connectivity index (χ2v) is 6.04. The van der Waals surface area contributed by atoms with Crippen LogP contribution in [0.2, 0.25) is 0 Å². The zero-order chi connectivity index (χ0) is 18.6. The van der Waals surface area contributed by atoms with Gasteiger partial charge in [0.1, 0.15) is 24.7 Å². The van der Waals surface area contributed by atoms with E-state index in [2.05, 4.69) is 36.5 Å². The van der Waals surface area contributed by atoms with Crippen molar-refractivity contribution in [3.05, 3.63) is 59.2 Å². The van der Waals surface area contributed by atoms with E-state index in [9.17, 15) is 0 Å². The van der Waals surface area contributed by atoms with Crippen molar-refractivity contribution in [3.8, 4) is 11.5 Å². The fourth-order valence-electron chi connectivity index (χ4n) is 2.55. The van der Waals surface area contributed by atoms with Gasteiger partial charge in [-0.25, -0.2) is 0 Å². The Bertz CT molecular complexity index is 660. The molecule has 142 valence electrons. The molecular weight excluding hydrogens is 330 g/mol. The van der Waals surface area contributed by atoms with Gasteiger partial charge in [-0.15, -0.1) is 0 Å². The molecule has 0 aromatic heterocycles. The number of rotatable bonds is 12. The van der Waals surface area contributed by atoms with E-state index >= 15 is 0 Å². The predicted octanol–water partition coefficient (Wildman–Crippen LogP) is 3.34. The second kappa shape index (κ2) is 11.5. The van der Waals surface area contributed by atoms with E-state index in [0.29, 0.717) is 33.0 Å². The van der Waals surface area contributed by atoms with Crippen molar-refractivity contribution < 1.29 is 18.9 Å². The summed E-state index contributed by atoms with van der Waals surface area (Å²) >= 11 is 0. The Morgan fingerprint density at radius 2 is 1.58 bits per heavy atom. The molecular formula is C21H29NO4. The SMILES string of the molecule is COCCOc1ccc(CNCc2cccc(C)c2)c(OCCOC)c1. The fourth-order valence-corrected chi connectivity index (χ4v) is 2.55. The van der Waals surface area contributed by atoms with E-state index < -0.39 is 0 Å². The third-order valence-corrected chi connectivity index (χ3v) is 3.87. The Labute approximate surface area is 156 Å². The first kappa shape index (κ1) is 20.2. The summed E-state index contributed by atoms with van der Waals surface area (Å²) in [4.78, 5) is 0. The highest BCUT2D eigenvalue weighted by Crippen LogP contribution is 2.25. The fraction of sp³-hybridized carbons (Fsp3) is 0.429. The molecule has 26 heavy (non-hydrogen) atoms. The van der Waals surface area contributed by atoms with Crippen molar-refractivity contribution in [2.45, 2.75) is 20.0 Å². The van der Waals surface area contributed by atoms with Crippen LogP contribution in [0.1, 0.15) is 16.7 Å². The number of ether oxygens (including phenoxy) is 4. The zero-order valence-electron chi connectivity index (χ0n) is 15.9. The molecule has 5 nitrogen and oxygen atoms in total. The highest BCUT2D eigenvalue weighted by atomic mass is 16.5. The van der Waals surface area contributed by atoms with Gasteiger partial charge in [-0.2, -0.15) is 0 Å². The summed E-state index contributed by atoms with van der Waals surface area (Å²) in [5.41, 5.74) is 3.63. The molecule has 0 saturated heterocycles. The van der Waals surface area contributed by atoms with Gasteiger partial charge in [0.2, 0.25) is 0 Å². The standard InChI is InChI=1S/C21H29NO4/c1-17-5-4-6-18(13-17)15-22-16-19-7-8-20(25-11-9-23-2)14-21(19)26-12-10-24-3/h4-8,13-14,22H,9-12,15-16H2,1-3H3. The molecule has 2 aromatic rings. The molecule has 0 fully saturated rings. The van der Waals surface area contributed by atoms with Crippen LogP contribution >= 0.6 is 0 Å². The molecule has 0 aliphatic heterocycles. The summed E-state index contributed by atoms with van der Waals surface area (Å²) < 4.78 is 21.6. The van der Waals surface area contributed by atoms with Crippen molar-refractivity contribution in [2.24, 2.45) is 0 Å². The number of hydrogen-bond acceptors (Lipinski definition) is 5. The molecule has 5 heteroatoms. The van der Waals surface area contributed by atoms with Gasteiger partial charge in [0, 0.05) is 38.9 Å². The molecule has 0 unspecified atom stereocenters. The lowest BCUT2D eigenvalue weighted by Crippen LogP contribution is -2.15. The minimum absolute atomic E-state index is 0.503. The van der Waals surface area contributed by atoms with Crippen LogP contribution < -0.4 is 14.8 Å². The highest BCUT2D eigenvalue weighted by Gasteiger charge is 2.07. The van der Waals surface area contributed by atoms with Crippen LogP contribution in [0.15, 0.2) is 42.5 Å². The normalized spacial score (nSPS) is 10.7. The molecule has 1 N–H and O–H groups in total. The lowest BCUT2D eigenvalue weighted by Gasteiger charge is -2.14. The monoisotopic (exact) mass is 359 g/mol. The highest BCUT2D eigenvalue weighted by molar-refractivity contribution is 5.41. The molecule has 2 aromatic carbocycles. The maximum atomic E-state index is 5.87. The average molecular weight is 359 g/mol. The van der Waals surface area contributed by atoms with Crippen LogP contribution in [0.25, 0.3) is 0 Å². The lowest BCUT2D eigenvalue weighted by molar-refractivity contribution is 0.142. The first-order valence-electron chi connectivity index (χ1n) is 8.85. The summed E-state index contributed by atoms with van der Waals surface area (Å²) in [5, 5.41) is 3.48. The van der Waals surface area contributed by atoms with Gasteiger partial charge >= 0.3 is 0 Å². The van der Waals surface area contributed by atoms with E-state index in [1.54, 1.807) is 14.2 Å². The van der Waals surface area contributed by atoms with Crippen molar-refractivity contribution in [1.29, 1.82) is 0 Å². The quantitative estimate of drug-likeness (QED) is 0.589. The predicted molar refractivity (Wildman–Crippen MR) is 103 cm³/mol. The molecule has 0 saturated carbocycles. The van der Waals surface area contributed by atoms with Gasteiger partial charge in [-0.1, -0.05) is 35.9 Å². The first-order chi connectivity index (χ1) is 12.7. The number of aryl methyl sites for hydroxylation is 1. The van der Waals surface area contributed by atoms with Gasteiger partial charge in [0.25, 0.3) is 0 Å². The molecule has 0 amide bonds. The first-order valence-corrected chi connectivity index (χ1v) is 8.85. The topological polar surface area (TPSA) is 49.0 Å². The third kappa shape index (κ3) is 7.04. The Kier molecular flexibility index (Phi) is 8.96. The second-order valence-electron chi connectivity index (χ2n) is 6.04. The molecule has 0 radical (unpaired) electrons. The largest absolute Gasteiger partial charge is 0.491 e. The van der Waals surface area contributed by atoms with Gasteiger partial charge < -0.3 is 24.3 Å². The van der Waals surface area contributed by atoms with Crippen molar-refractivity contribution in [1.82, 2.24) is 5.32 Å².